The Labute approximate surface area is 205 Å². The summed E-state index contributed by atoms with van der Waals surface area (Å²) < 4.78 is 131. The van der Waals surface area contributed by atoms with Crippen molar-refractivity contribution in [2.75, 3.05) is 11.6 Å². The lowest BCUT2D eigenvalue weighted by atomic mass is 9.95. The summed E-state index contributed by atoms with van der Waals surface area (Å²) in [5.74, 6) is -10.0. The van der Waals surface area contributed by atoms with Gasteiger partial charge in [-0.2, -0.15) is 31.4 Å². The van der Waals surface area contributed by atoms with Crippen molar-refractivity contribution in [3.8, 4) is 0 Å². The number of carbonyl (C=O) groups is 1. The van der Waals surface area contributed by atoms with E-state index < -0.39 is 88.0 Å². The second-order valence-electron chi connectivity index (χ2n) is 9.42. The molecule has 0 radical (unpaired) electrons. The molecule has 0 aromatic carbocycles. The molecular formula is C21H21F8N5O2S. The van der Waals surface area contributed by atoms with Gasteiger partial charge in [0, 0.05) is 43.4 Å². The Bertz CT molecular complexity index is 1320. The average Bonchev–Trinajstić information content (AvgIpc) is 3.42. The van der Waals surface area contributed by atoms with Crippen molar-refractivity contribution in [2.24, 2.45) is 11.8 Å². The number of anilines is 1. The van der Waals surface area contributed by atoms with Gasteiger partial charge in [-0.15, -0.1) is 0 Å². The number of amides is 1. The lowest BCUT2D eigenvalue weighted by Gasteiger charge is -2.22. The van der Waals surface area contributed by atoms with E-state index in [-0.39, 0.29) is 10.7 Å². The average molecular weight is 559 g/mol. The number of hydrogen-bond donors (Lipinski definition) is 2. The summed E-state index contributed by atoms with van der Waals surface area (Å²) in [6.45, 7) is -0.977. The maximum atomic E-state index is 14.1. The van der Waals surface area contributed by atoms with Crippen molar-refractivity contribution < 1.29 is 44.1 Å². The second-order valence-corrected chi connectivity index (χ2v) is 11.5. The van der Waals surface area contributed by atoms with E-state index in [1.807, 2.05) is 0 Å². The highest BCUT2D eigenvalue weighted by atomic mass is 32.2. The molecule has 3 unspecified atom stereocenters. The highest BCUT2D eigenvalue weighted by Crippen LogP contribution is 2.51. The molecule has 2 aromatic heterocycles. The van der Waals surface area contributed by atoms with Crippen LogP contribution in [-0.4, -0.2) is 43.2 Å². The molecule has 37 heavy (non-hydrogen) atoms. The van der Waals surface area contributed by atoms with Crippen molar-refractivity contribution in [1.29, 1.82) is 4.78 Å². The summed E-state index contributed by atoms with van der Waals surface area (Å²) in [6, 6.07) is 2.17. The third-order valence-electron chi connectivity index (χ3n) is 6.31. The van der Waals surface area contributed by atoms with Crippen LogP contribution in [0.2, 0.25) is 0 Å². The van der Waals surface area contributed by atoms with E-state index in [1.54, 1.807) is 0 Å². The van der Waals surface area contributed by atoms with Crippen molar-refractivity contribution in [1.82, 2.24) is 14.8 Å². The van der Waals surface area contributed by atoms with E-state index in [2.05, 4.69) is 15.4 Å². The van der Waals surface area contributed by atoms with Crippen LogP contribution in [0.1, 0.15) is 53.3 Å². The van der Waals surface area contributed by atoms with Crippen molar-refractivity contribution >= 4 is 21.3 Å². The number of alkyl halides is 8. The number of aromatic nitrogens is 3. The Hall–Kier alpha value is -2.78. The standard InChI is InChI=1S/C21H21F8N5O2S/c1-37(30,36)14-6-12(4-5-31-14)32-18(35)17-15(21(27,28)29)16(10-2-3-10)33-34(17)9-11-7-19(22,23)8-13(11)20(24,25)26/h4-6,10-11,13,30H,2-3,7-9H2,1H3,(H,31,32,35). The van der Waals surface area contributed by atoms with Gasteiger partial charge in [-0.1, -0.05) is 0 Å². The molecule has 0 bridgehead atoms. The van der Waals surface area contributed by atoms with Crippen LogP contribution in [0.15, 0.2) is 23.4 Å². The highest BCUT2D eigenvalue weighted by molar-refractivity contribution is 7.91. The third kappa shape index (κ3) is 5.88. The summed E-state index contributed by atoms with van der Waals surface area (Å²) >= 11 is 0. The molecule has 2 fully saturated rings. The quantitative estimate of drug-likeness (QED) is 0.445. The first-order valence-electron chi connectivity index (χ1n) is 11.0. The molecular weight excluding hydrogens is 538 g/mol. The minimum Gasteiger partial charge on any atom is -0.320 e. The molecule has 1 amide bonds. The van der Waals surface area contributed by atoms with Crippen LogP contribution in [0, 0.1) is 16.6 Å². The SMILES string of the molecule is CS(=N)(=O)c1cc(NC(=O)c2c(C(F)(F)F)c(C3CC3)nn2CC2CC(F)(F)CC2C(F)(F)F)ccn1. The Morgan fingerprint density at radius 3 is 2.41 bits per heavy atom. The van der Waals surface area contributed by atoms with E-state index in [4.69, 9.17) is 4.78 Å². The number of pyridine rings is 1. The van der Waals surface area contributed by atoms with Crippen molar-refractivity contribution in [2.45, 2.75) is 61.4 Å². The molecule has 2 N–H and O–H groups in total. The first-order chi connectivity index (χ1) is 16.9. The summed E-state index contributed by atoms with van der Waals surface area (Å²) in [5.41, 5.74) is -3.24. The number of rotatable bonds is 6. The van der Waals surface area contributed by atoms with Crippen molar-refractivity contribution in [3.63, 3.8) is 0 Å². The zero-order chi connectivity index (χ0) is 27.6. The first kappa shape index (κ1) is 27.3. The van der Waals surface area contributed by atoms with Crippen LogP contribution < -0.4 is 5.32 Å². The molecule has 4 rings (SSSR count). The van der Waals surface area contributed by atoms with E-state index in [9.17, 15) is 44.1 Å². The normalized spacial score (nSPS) is 23.6. The summed E-state index contributed by atoms with van der Waals surface area (Å²) in [6.07, 6.45) is -10.1. The molecule has 2 saturated carbocycles. The second kappa shape index (κ2) is 8.91. The summed E-state index contributed by atoms with van der Waals surface area (Å²) in [7, 11) is -3.35. The first-order valence-corrected chi connectivity index (χ1v) is 13.0. The molecule has 16 heteroatoms. The van der Waals surface area contributed by atoms with Gasteiger partial charge < -0.3 is 5.32 Å². The maximum Gasteiger partial charge on any atom is 0.420 e. The molecule has 0 saturated heterocycles. The van der Waals surface area contributed by atoms with Gasteiger partial charge in [-0.05, 0) is 30.9 Å². The Balaban J connectivity index is 1.77. The number of nitrogens with zero attached hydrogens (tertiary/aromatic N) is 3. The van der Waals surface area contributed by atoms with E-state index in [0.717, 1.165) is 24.6 Å². The largest absolute Gasteiger partial charge is 0.420 e. The smallest absolute Gasteiger partial charge is 0.320 e. The number of halogens is 8. The Morgan fingerprint density at radius 2 is 1.86 bits per heavy atom. The zero-order valence-electron chi connectivity index (χ0n) is 19.1. The minimum absolute atomic E-state index is 0.175. The topological polar surface area (TPSA) is 101 Å². The predicted molar refractivity (Wildman–Crippen MR) is 114 cm³/mol. The molecule has 3 atom stereocenters. The van der Waals surface area contributed by atoms with Crippen LogP contribution in [-0.2, 0) is 22.5 Å². The Kier molecular flexibility index (Phi) is 6.56. The zero-order valence-corrected chi connectivity index (χ0v) is 19.9. The fourth-order valence-corrected chi connectivity index (χ4v) is 5.16. The molecule has 2 aromatic rings. The summed E-state index contributed by atoms with van der Waals surface area (Å²) in [4.78, 5) is 16.8. The number of carbonyl (C=O) groups excluding carboxylic acids is 1. The molecule has 2 aliphatic rings. The molecule has 0 spiro atoms. The van der Waals surface area contributed by atoms with Crippen LogP contribution in [0.25, 0.3) is 0 Å². The molecule has 204 valence electrons. The molecule has 2 heterocycles. The lowest BCUT2D eigenvalue weighted by Crippen LogP contribution is -2.31. The van der Waals surface area contributed by atoms with Gasteiger partial charge in [0.2, 0.25) is 5.92 Å². The van der Waals surface area contributed by atoms with Crippen molar-refractivity contribution in [3.05, 3.63) is 35.3 Å². The van der Waals surface area contributed by atoms with Gasteiger partial charge in [0.1, 0.15) is 16.3 Å². The minimum atomic E-state index is -5.12. The molecule has 2 aliphatic carbocycles. The van der Waals surface area contributed by atoms with E-state index in [1.165, 1.54) is 0 Å². The fraction of sp³-hybridized carbons (Fsp3) is 0.571. The maximum absolute atomic E-state index is 14.1. The highest BCUT2D eigenvalue weighted by Gasteiger charge is 2.57. The Morgan fingerprint density at radius 1 is 1.22 bits per heavy atom. The van der Waals surface area contributed by atoms with Gasteiger partial charge in [-0.25, -0.2) is 22.8 Å². The predicted octanol–water partition coefficient (Wildman–Crippen LogP) is 5.69. The number of nitrogens with one attached hydrogen (secondary N) is 2. The van der Waals surface area contributed by atoms with Gasteiger partial charge in [0.05, 0.1) is 21.3 Å². The van der Waals surface area contributed by atoms with Crippen LogP contribution in [0.3, 0.4) is 0 Å². The van der Waals surface area contributed by atoms with Crippen LogP contribution >= 0.6 is 0 Å². The molecule has 7 nitrogen and oxygen atoms in total. The van der Waals surface area contributed by atoms with Gasteiger partial charge in [0.15, 0.2) is 0 Å². The number of hydrogen-bond acceptors (Lipinski definition) is 5. The third-order valence-corrected chi connectivity index (χ3v) is 7.33. The van der Waals surface area contributed by atoms with Gasteiger partial charge in [0.25, 0.3) is 5.91 Å². The van der Waals surface area contributed by atoms with Crippen LogP contribution in [0.4, 0.5) is 40.8 Å². The lowest BCUT2D eigenvalue weighted by molar-refractivity contribution is -0.188. The van der Waals surface area contributed by atoms with E-state index in [0.29, 0.717) is 17.5 Å². The van der Waals surface area contributed by atoms with Gasteiger partial charge >= 0.3 is 12.4 Å². The van der Waals surface area contributed by atoms with Gasteiger partial charge in [-0.3, -0.25) is 9.48 Å². The summed E-state index contributed by atoms with van der Waals surface area (Å²) in [5, 5.41) is 5.71. The monoisotopic (exact) mass is 559 g/mol. The fourth-order valence-electron chi connectivity index (χ4n) is 4.55. The van der Waals surface area contributed by atoms with E-state index >= 15 is 0 Å². The molecule has 0 aliphatic heterocycles. The van der Waals surface area contributed by atoms with Crippen LogP contribution in [0.5, 0.6) is 0 Å².